The Hall–Kier alpha value is -1.56. The summed E-state index contributed by atoms with van der Waals surface area (Å²) < 4.78 is 37.8. The molecule has 0 aliphatic carbocycles. The standard InChI is InChI=1S/C17H23F3N2O/c1-12(13-6-8-21-9-7-13)10-16(23)22-15-5-3-2-4-14(15)11-17(18,19)20/h2-5,12-13,21H,6-11H2,1H3,(H,22,23). The summed E-state index contributed by atoms with van der Waals surface area (Å²) in [6.07, 6.45) is -2.90. The Balaban J connectivity index is 1.94. The van der Waals surface area contributed by atoms with E-state index in [1.807, 2.05) is 6.92 Å². The highest BCUT2D eigenvalue weighted by molar-refractivity contribution is 5.91. The molecule has 1 unspecified atom stereocenters. The van der Waals surface area contributed by atoms with Crippen molar-refractivity contribution in [1.29, 1.82) is 0 Å². The van der Waals surface area contributed by atoms with Gasteiger partial charge < -0.3 is 10.6 Å². The van der Waals surface area contributed by atoms with Crippen LogP contribution in [0.4, 0.5) is 18.9 Å². The van der Waals surface area contributed by atoms with E-state index in [-0.39, 0.29) is 23.1 Å². The first-order chi connectivity index (χ1) is 10.8. The van der Waals surface area contributed by atoms with Crippen molar-refractivity contribution >= 4 is 11.6 Å². The normalized spacial score (nSPS) is 17.7. The van der Waals surface area contributed by atoms with Gasteiger partial charge in [0.1, 0.15) is 0 Å². The summed E-state index contributed by atoms with van der Waals surface area (Å²) in [4.78, 5) is 12.2. The van der Waals surface area contributed by atoms with Crippen molar-refractivity contribution < 1.29 is 18.0 Å². The maximum Gasteiger partial charge on any atom is 0.393 e. The van der Waals surface area contributed by atoms with E-state index < -0.39 is 12.6 Å². The molecule has 1 atom stereocenters. The second-order valence-electron chi connectivity index (χ2n) is 6.27. The van der Waals surface area contributed by atoms with E-state index in [1.54, 1.807) is 12.1 Å². The van der Waals surface area contributed by atoms with E-state index >= 15 is 0 Å². The fourth-order valence-corrected chi connectivity index (χ4v) is 3.09. The fraction of sp³-hybridized carbons (Fsp3) is 0.588. The van der Waals surface area contributed by atoms with Gasteiger partial charge in [0.25, 0.3) is 0 Å². The van der Waals surface area contributed by atoms with Crippen LogP contribution in [-0.4, -0.2) is 25.2 Å². The van der Waals surface area contributed by atoms with Crippen molar-refractivity contribution in [1.82, 2.24) is 5.32 Å². The minimum atomic E-state index is -4.29. The third-order valence-electron chi connectivity index (χ3n) is 4.38. The summed E-state index contributed by atoms with van der Waals surface area (Å²) in [5.41, 5.74) is 0.357. The van der Waals surface area contributed by atoms with Crippen molar-refractivity contribution in [2.45, 2.75) is 38.8 Å². The minimum Gasteiger partial charge on any atom is -0.326 e. The number of amides is 1. The Morgan fingerprint density at radius 1 is 1.30 bits per heavy atom. The van der Waals surface area contributed by atoms with Crippen LogP contribution in [-0.2, 0) is 11.2 Å². The molecule has 0 saturated carbocycles. The number of piperidine rings is 1. The highest BCUT2D eigenvalue weighted by atomic mass is 19.4. The molecular formula is C17H23F3N2O. The van der Waals surface area contributed by atoms with Crippen molar-refractivity contribution in [3.8, 4) is 0 Å². The van der Waals surface area contributed by atoms with Crippen LogP contribution in [0.2, 0.25) is 0 Å². The molecule has 1 amide bonds. The molecule has 0 spiro atoms. The summed E-state index contributed by atoms with van der Waals surface area (Å²) in [5.74, 6) is 0.505. The topological polar surface area (TPSA) is 41.1 Å². The molecule has 1 aliphatic rings. The largest absolute Gasteiger partial charge is 0.393 e. The Labute approximate surface area is 134 Å². The third-order valence-corrected chi connectivity index (χ3v) is 4.38. The summed E-state index contributed by atoms with van der Waals surface area (Å²) in [6, 6.07) is 6.10. The number of benzene rings is 1. The van der Waals surface area contributed by atoms with Crippen molar-refractivity contribution in [2.75, 3.05) is 18.4 Å². The van der Waals surface area contributed by atoms with Crippen molar-refractivity contribution in [2.24, 2.45) is 11.8 Å². The molecule has 1 fully saturated rings. The van der Waals surface area contributed by atoms with Gasteiger partial charge >= 0.3 is 6.18 Å². The smallest absolute Gasteiger partial charge is 0.326 e. The maximum absolute atomic E-state index is 12.6. The lowest BCUT2D eigenvalue weighted by atomic mass is 9.84. The Morgan fingerprint density at radius 2 is 1.96 bits per heavy atom. The number of carbonyl (C=O) groups is 1. The van der Waals surface area contributed by atoms with Gasteiger partial charge in [0, 0.05) is 12.1 Å². The molecule has 23 heavy (non-hydrogen) atoms. The van der Waals surface area contributed by atoms with Gasteiger partial charge in [0.15, 0.2) is 0 Å². The average Bonchev–Trinajstić information content (AvgIpc) is 2.48. The van der Waals surface area contributed by atoms with E-state index in [1.165, 1.54) is 12.1 Å². The number of carbonyl (C=O) groups excluding carboxylic acids is 1. The number of nitrogens with one attached hydrogen (secondary N) is 2. The summed E-state index contributed by atoms with van der Waals surface area (Å²) >= 11 is 0. The minimum absolute atomic E-state index is 0.0999. The van der Waals surface area contributed by atoms with E-state index in [9.17, 15) is 18.0 Å². The van der Waals surface area contributed by atoms with Gasteiger partial charge in [0.05, 0.1) is 6.42 Å². The molecule has 128 valence electrons. The van der Waals surface area contributed by atoms with Gasteiger partial charge in [0.2, 0.25) is 5.91 Å². The summed E-state index contributed by atoms with van der Waals surface area (Å²) in [6.45, 7) is 3.97. The van der Waals surface area contributed by atoms with Crippen LogP contribution in [0.1, 0.15) is 31.7 Å². The van der Waals surface area contributed by atoms with Gasteiger partial charge in [-0.2, -0.15) is 13.2 Å². The number of alkyl halides is 3. The lowest BCUT2D eigenvalue weighted by Crippen LogP contribution is -2.32. The Kier molecular flexibility index (Phi) is 6.04. The van der Waals surface area contributed by atoms with Crippen LogP contribution in [0, 0.1) is 11.8 Å². The highest BCUT2D eigenvalue weighted by Crippen LogP contribution is 2.27. The fourth-order valence-electron chi connectivity index (χ4n) is 3.09. The summed E-state index contributed by atoms with van der Waals surface area (Å²) in [7, 11) is 0. The number of halogens is 3. The van der Waals surface area contributed by atoms with Gasteiger partial charge in [-0.15, -0.1) is 0 Å². The molecule has 2 N–H and O–H groups in total. The molecule has 1 saturated heterocycles. The van der Waals surface area contributed by atoms with Gasteiger partial charge in [-0.3, -0.25) is 4.79 Å². The van der Waals surface area contributed by atoms with Crippen LogP contribution in [0.25, 0.3) is 0 Å². The first-order valence-electron chi connectivity index (χ1n) is 8.00. The molecular weight excluding hydrogens is 305 g/mol. The van der Waals surface area contributed by atoms with Crippen LogP contribution in [0.3, 0.4) is 0 Å². The lowest BCUT2D eigenvalue weighted by molar-refractivity contribution is -0.127. The van der Waals surface area contributed by atoms with E-state index in [2.05, 4.69) is 10.6 Å². The van der Waals surface area contributed by atoms with Gasteiger partial charge in [-0.25, -0.2) is 0 Å². The summed E-state index contributed by atoms with van der Waals surface area (Å²) in [5, 5.41) is 5.93. The van der Waals surface area contributed by atoms with Crippen LogP contribution in [0.15, 0.2) is 24.3 Å². The molecule has 1 aliphatic heterocycles. The molecule has 0 aromatic heterocycles. The molecule has 0 radical (unpaired) electrons. The Morgan fingerprint density at radius 3 is 2.61 bits per heavy atom. The predicted octanol–water partition coefficient (Wildman–Crippen LogP) is 3.76. The molecule has 2 rings (SSSR count). The lowest BCUT2D eigenvalue weighted by Gasteiger charge is -2.28. The third kappa shape index (κ3) is 5.86. The second kappa shape index (κ2) is 7.81. The molecule has 1 aromatic rings. The number of hydrogen-bond donors (Lipinski definition) is 2. The Bertz CT molecular complexity index is 525. The molecule has 6 heteroatoms. The number of para-hydroxylation sites is 1. The first kappa shape index (κ1) is 17.8. The molecule has 0 bridgehead atoms. The maximum atomic E-state index is 12.6. The zero-order valence-electron chi connectivity index (χ0n) is 13.2. The zero-order valence-corrected chi connectivity index (χ0v) is 13.2. The van der Waals surface area contributed by atoms with Gasteiger partial charge in [-0.1, -0.05) is 25.1 Å². The van der Waals surface area contributed by atoms with Crippen LogP contribution < -0.4 is 10.6 Å². The number of hydrogen-bond acceptors (Lipinski definition) is 2. The second-order valence-corrected chi connectivity index (χ2v) is 6.27. The van der Waals surface area contributed by atoms with E-state index in [0.717, 1.165) is 25.9 Å². The van der Waals surface area contributed by atoms with Crippen LogP contribution >= 0.6 is 0 Å². The zero-order chi connectivity index (χ0) is 16.9. The van der Waals surface area contributed by atoms with E-state index in [0.29, 0.717) is 12.3 Å². The molecule has 1 heterocycles. The first-order valence-corrected chi connectivity index (χ1v) is 8.00. The SMILES string of the molecule is CC(CC(=O)Nc1ccccc1CC(F)(F)F)C1CCNCC1. The van der Waals surface area contributed by atoms with Gasteiger partial charge in [-0.05, 0) is 49.4 Å². The number of rotatable bonds is 5. The van der Waals surface area contributed by atoms with Crippen molar-refractivity contribution in [3.05, 3.63) is 29.8 Å². The average molecular weight is 328 g/mol. The quantitative estimate of drug-likeness (QED) is 0.864. The predicted molar refractivity (Wildman–Crippen MR) is 84.2 cm³/mol. The molecule has 3 nitrogen and oxygen atoms in total. The molecule has 1 aromatic carbocycles. The van der Waals surface area contributed by atoms with Crippen molar-refractivity contribution in [3.63, 3.8) is 0 Å². The van der Waals surface area contributed by atoms with Crippen LogP contribution in [0.5, 0.6) is 0 Å². The highest BCUT2D eigenvalue weighted by Gasteiger charge is 2.29. The van der Waals surface area contributed by atoms with E-state index in [4.69, 9.17) is 0 Å². The number of anilines is 1. The monoisotopic (exact) mass is 328 g/mol.